The highest BCUT2D eigenvalue weighted by molar-refractivity contribution is 5.92. The SMILES string of the molecule is CCOC(=O)c1ccccc1Oc1ccc([N+](=O)[O-])cc1C#N. The Morgan fingerprint density at radius 1 is 1.26 bits per heavy atom. The van der Waals surface area contributed by atoms with Crippen LogP contribution in [-0.2, 0) is 4.74 Å². The van der Waals surface area contributed by atoms with Crippen LogP contribution in [0, 0.1) is 21.4 Å². The van der Waals surface area contributed by atoms with Crippen LogP contribution >= 0.6 is 0 Å². The highest BCUT2D eigenvalue weighted by Gasteiger charge is 2.17. The molecule has 7 nitrogen and oxygen atoms in total. The number of ether oxygens (including phenoxy) is 2. The fourth-order valence-corrected chi connectivity index (χ4v) is 1.86. The lowest BCUT2D eigenvalue weighted by Gasteiger charge is -2.11. The number of carbonyl (C=O) groups is 1. The number of carbonyl (C=O) groups excluding carboxylic acids is 1. The van der Waals surface area contributed by atoms with Gasteiger partial charge in [0.15, 0.2) is 0 Å². The Bertz CT molecular complexity index is 795. The van der Waals surface area contributed by atoms with Crippen LogP contribution in [0.25, 0.3) is 0 Å². The van der Waals surface area contributed by atoms with Crippen molar-refractivity contribution < 1.29 is 19.2 Å². The zero-order valence-electron chi connectivity index (χ0n) is 12.2. The Kier molecular flexibility index (Phi) is 4.89. The first-order valence-electron chi connectivity index (χ1n) is 6.69. The number of para-hydroxylation sites is 1. The lowest BCUT2D eigenvalue weighted by Crippen LogP contribution is -2.06. The van der Waals surface area contributed by atoms with Gasteiger partial charge in [0.05, 0.1) is 11.5 Å². The number of nitriles is 1. The number of hydrogen-bond donors (Lipinski definition) is 0. The average molecular weight is 312 g/mol. The van der Waals surface area contributed by atoms with E-state index in [1.54, 1.807) is 25.1 Å². The molecule has 116 valence electrons. The van der Waals surface area contributed by atoms with E-state index in [9.17, 15) is 14.9 Å². The molecule has 0 atom stereocenters. The molecule has 0 aliphatic heterocycles. The second-order valence-corrected chi connectivity index (χ2v) is 4.37. The smallest absolute Gasteiger partial charge is 0.341 e. The van der Waals surface area contributed by atoms with Crippen LogP contribution in [0.5, 0.6) is 11.5 Å². The molecule has 0 saturated heterocycles. The molecule has 0 aromatic heterocycles. The molecule has 0 aliphatic rings. The van der Waals surface area contributed by atoms with Gasteiger partial charge in [0, 0.05) is 12.1 Å². The van der Waals surface area contributed by atoms with Crippen molar-refractivity contribution in [2.45, 2.75) is 6.92 Å². The standard InChI is InChI=1S/C16H12N2O5/c1-2-22-16(19)13-5-3-4-6-15(13)23-14-8-7-12(18(20)21)9-11(14)10-17/h3-9H,2H2,1H3. The van der Waals surface area contributed by atoms with Gasteiger partial charge >= 0.3 is 5.97 Å². The minimum absolute atomic E-state index is 0.00198. The summed E-state index contributed by atoms with van der Waals surface area (Å²) < 4.78 is 10.5. The third-order valence-corrected chi connectivity index (χ3v) is 2.90. The number of benzene rings is 2. The van der Waals surface area contributed by atoms with Crippen LogP contribution in [-0.4, -0.2) is 17.5 Å². The first-order chi connectivity index (χ1) is 11.1. The van der Waals surface area contributed by atoms with Crippen molar-refractivity contribution in [3.8, 4) is 17.6 Å². The first-order valence-corrected chi connectivity index (χ1v) is 6.69. The van der Waals surface area contributed by atoms with Crippen molar-refractivity contribution in [1.29, 1.82) is 5.26 Å². The lowest BCUT2D eigenvalue weighted by atomic mass is 10.1. The van der Waals surface area contributed by atoms with Crippen LogP contribution in [0.1, 0.15) is 22.8 Å². The van der Waals surface area contributed by atoms with E-state index in [2.05, 4.69) is 0 Å². The lowest BCUT2D eigenvalue weighted by molar-refractivity contribution is -0.384. The number of esters is 1. The molecule has 2 aromatic rings. The monoisotopic (exact) mass is 312 g/mol. The quantitative estimate of drug-likeness (QED) is 0.476. The maximum atomic E-state index is 11.9. The summed E-state index contributed by atoms with van der Waals surface area (Å²) in [5.74, 6) is -0.227. The molecule has 0 bridgehead atoms. The zero-order valence-corrected chi connectivity index (χ0v) is 12.2. The van der Waals surface area contributed by atoms with Gasteiger partial charge in [-0.05, 0) is 25.1 Å². The predicted molar refractivity (Wildman–Crippen MR) is 80.3 cm³/mol. The average Bonchev–Trinajstić information content (AvgIpc) is 2.55. The van der Waals surface area contributed by atoms with E-state index in [1.807, 2.05) is 6.07 Å². The van der Waals surface area contributed by atoms with E-state index >= 15 is 0 Å². The van der Waals surface area contributed by atoms with Gasteiger partial charge in [-0.2, -0.15) is 5.26 Å². The van der Waals surface area contributed by atoms with E-state index in [1.165, 1.54) is 18.2 Å². The number of nitro benzene ring substituents is 1. The molecule has 0 unspecified atom stereocenters. The molecule has 0 saturated carbocycles. The van der Waals surface area contributed by atoms with Gasteiger partial charge in [0.1, 0.15) is 28.7 Å². The van der Waals surface area contributed by atoms with Gasteiger partial charge in [0.25, 0.3) is 5.69 Å². The fourth-order valence-electron chi connectivity index (χ4n) is 1.86. The van der Waals surface area contributed by atoms with E-state index in [4.69, 9.17) is 14.7 Å². The Balaban J connectivity index is 2.39. The van der Waals surface area contributed by atoms with Crippen LogP contribution in [0.4, 0.5) is 5.69 Å². The molecule has 2 rings (SSSR count). The molecular formula is C16H12N2O5. The van der Waals surface area contributed by atoms with Gasteiger partial charge in [-0.1, -0.05) is 12.1 Å². The minimum atomic E-state index is -0.600. The summed E-state index contributed by atoms with van der Waals surface area (Å²) >= 11 is 0. The Hall–Kier alpha value is -3.40. The van der Waals surface area contributed by atoms with Crippen molar-refractivity contribution in [2.24, 2.45) is 0 Å². The molecule has 0 radical (unpaired) electrons. The summed E-state index contributed by atoms with van der Waals surface area (Å²) in [5.41, 5.74) is -0.0120. The highest BCUT2D eigenvalue weighted by atomic mass is 16.6. The Morgan fingerprint density at radius 3 is 2.65 bits per heavy atom. The van der Waals surface area contributed by atoms with E-state index in [0.29, 0.717) is 0 Å². The van der Waals surface area contributed by atoms with Gasteiger partial charge < -0.3 is 9.47 Å². The molecule has 0 heterocycles. The second kappa shape index (κ2) is 7.04. The maximum Gasteiger partial charge on any atom is 0.341 e. The summed E-state index contributed by atoms with van der Waals surface area (Å²) in [6.07, 6.45) is 0. The van der Waals surface area contributed by atoms with E-state index in [-0.39, 0.29) is 34.9 Å². The van der Waals surface area contributed by atoms with Gasteiger partial charge in [0.2, 0.25) is 0 Å². The van der Waals surface area contributed by atoms with Crippen molar-refractivity contribution >= 4 is 11.7 Å². The maximum absolute atomic E-state index is 11.9. The summed E-state index contributed by atoms with van der Waals surface area (Å²) in [7, 11) is 0. The molecule has 23 heavy (non-hydrogen) atoms. The molecule has 0 amide bonds. The van der Waals surface area contributed by atoms with Gasteiger partial charge in [-0.15, -0.1) is 0 Å². The summed E-state index contributed by atoms with van der Waals surface area (Å²) in [6.45, 7) is 1.90. The minimum Gasteiger partial charge on any atom is -0.462 e. The molecule has 2 aromatic carbocycles. The topological polar surface area (TPSA) is 102 Å². The molecule has 7 heteroatoms. The third-order valence-electron chi connectivity index (χ3n) is 2.90. The molecule has 0 spiro atoms. The van der Waals surface area contributed by atoms with Gasteiger partial charge in [-0.25, -0.2) is 4.79 Å². The second-order valence-electron chi connectivity index (χ2n) is 4.37. The largest absolute Gasteiger partial charge is 0.462 e. The Morgan fingerprint density at radius 2 is 2.00 bits per heavy atom. The molecule has 0 fully saturated rings. The number of nitrogens with zero attached hydrogens (tertiary/aromatic N) is 2. The number of hydrogen-bond acceptors (Lipinski definition) is 6. The van der Waals surface area contributed by atoms with Crippen molar-refractivity contribution in [2.75, 3.05) is 6.61 Å². The van der Waals surface area contributed by atoms with Crippen molar-refractivity contribution in [3.63, 3.8) is 0 Å². The fraction of sp³-hybridized carbons (Fsp3) is 0.125. The van der Waals surface area contributed by atoms with Crippen molar-refractivity contribution in [3.05, 3.63) is 63.7 Å². The summed E-state index contributed by atoms with van der Waals surface area (Å²) in [5, 5.41) is 19.9. The van der Waals surface area contributed by atoms with Crippen LogP contribution in [0.3, 0.4) is 0 Å². The molecule has 0 N–H and O–H groups in total. The van der Waals surface area contributed by atoms with Gasteiger partial charge in [-0.3, -0.25) is 10.1 Å². The number of non-ortho nitro benzene ring substituents is 1. The van der Waals surface area contributed by atoms with E-state index in [0.717, 1.165) is 6.07 Å². The predicted octanol–water partition coefficient (Wildman–Crippen LogP) is 3.44. The zero-order chi connectivity index (χ0) is 16.8. The summed E-state index contributed by atoms with van der Waals surface area (Å²) in [6, 6.07) is 11.9. The first kappa shape index (κ1) is 16.0. The van der Waals surface area contributed by atoms with Crippen LogP contribution in [0.15, 0.2) is 42.5 Å². The number of rotatable bonds is 5. The van der Waals surface area contributed by atoms with Crippen LogP contribution < -0.4 is 4.74 Å². The number of nitro groups is 1. The third kappa shape index (κ3) is 3.63. The van der Waals surface area contributed by atoms with Crippen LogP contribution in [0.2, 0.25) is 0 Å². The summed E-state index contributed by atoms with van der Waals surface area (Å²) in [4.78, 5) is 22.0. The molecule has 0 aliphatic carbocycles. The van der Waals surface area contributed by atoms with E-state index < -0.39 is 10.9 Å². The Labute approximate surface area is 131 Å². The van der Waals surface area contributed by atoms with Crippen molar-refractivity contribution in [1.82, 2.24) is 0 Å². The normalized spacial score (nSPS) is 9.74. The highest BCUT2D eigenvalue weighted by Crippen LogP contribution is 2.30. The molecular weight excluding hydrogens is 300 g/mol.